The summed E-state index contributed by atoms with van der Waals surface area (Å²) in [6, 6.07) is 12.9. The number of nitrogen functional groups attached to an aromatic ring is 1. The van der Waals surface area contributed by atoms with Gasteiger partial charge in [0, 0.05) is 20.7 Å². The Kier molecular flexibility index (Phi) is 4.98. The van der Waals surface area contributed by atoms with Gasteiger partial charge in [0.1, 0.15) is 0 Å². The molecular formula is C15H12Br2N2O. The molecule has 3 nitrogen and oxygen atoms in total. The maximum Gasteiger partial charge on any atom is 0.248 e. The Balaban J connectivity index is 2.05. The fourth-order valence-corrected chi connectivity index (χ4v) is 2.25. The van der Waals surface area contributed by atoms with Crippen LogP contribution < -0.4 is 11.1 Å². The van der Waals surface area contributed by atoms with Crippen LogP contribution in [0.15, 0.2) is 57.5 Å². The number of nitrogens with two attached hydrogens (primary N) is 1. The second-order valence-electron chi connectivity index (χ2n) is 4.11. The van der Waals surface area contributed by atoms with E-state index in [1.807, 2.05) is 30.3 Å². The molecule has 0 radical (unpaired) electrons. The molecule has 0 aromatic heterocycles. The molecule has 0 atom stereocenters. The molecule has 2 aromatic carbocycles. The van der Waals surface area contributed by atoms with Crippen molar-refractivity contribution in [3.63, 3.8) is 0 Å². The summed E-state index contributed by atoms with van der Waals surface area (Å²) in [6.45, 7) is 0. The first-order chi connectivity index (χ1) is 9.54. The van der Waals surface area contributed by atoms with Crippen LogP contribution in [0.25, 0.3) is 6.08 Å². The van der Waals surface area contributed by atoms with Gasteiger partial charge in [-0.25, -0.2) is 0 Å². The van der Waals surface area contributed by atoms with Gasteiger partial charge in [-0.3, -0.25) is 4.79 Å². The Morgan fingerprint density at radius 2 is 1.80 bits per heavy atom. The normalized spacial score (nSPS) is 10.7. The van der Waals surface area contributed by atoms with E-state index in [0.717, 1.165) is 14.5 Å². The van der Waals surface area contributed by atoms with Gasteiger partial charge >= 0.3 is 0 Å². The van der Waals surface area contributed by atoms with E-state index in [1.54, 1.807) is 18.2 Å². The summed E-state index contributed by atoms with van der Waals surface area (Å²) in [6.07, 6.45) is 3.22. The first-order valence-electron chi connectivity index (χ1n) is 5.84. The van der Waals surface area contributed by atoms with E-state index >= 15 is 0 Å². The highest BCUT2D eigenvalue weighted by atomic mass is 79.9. The van der Waals surface area contributed by atoms with Gasteiger partial charge in [-0.1, -0.05) is 28.1 Å². The van der Waals surface area contributed by atoms with Crippen LogP contribution >= 0.6 is 31.9 Å². The minimum absolute atomic E-state index is 0.194. The number of anilines is 2. The van der Waals surface area contributed by atoms with Crippen LogP contribution in [-0.4, -0.2) is 5.91 Å². The van der Waals surface area contributed by atoms with Gasteiger partial charge in [-0.15, -0.1) is 0 Å². The first-order valence-corrected chi connectivity index (χ1v) is 7.43. The van der Waals surface area contributed by atoms with E-state index < -0.39 is 0 Å². The van der Waals surface area contributed by atoms with E-state index in [4.69, 9.17) is 5.73 Å². The summed E-state index contributed by atoms with van der Waals surface area (Å²) in [4.78, 5) is 11.9. The van der Waals surface area contributed by atoms with Crippen molar-refractivity contribution < 1.29 is 4.79 Å². The first kappa shape index (κ1) is 14.8. The molecule has 3 N–H and O–H groups in total. The molecule has 20 heavy (non-hydrogen) atoms. The van der Waals surface area contributed by atoms with E-state index in [0.29, 0.717) is 11.4 Å². The standard InChI is InChI=1S/C15H12Br2N2O/c16-11-4-7-13(17)14(9-11)19-15(20)8-3-10-1-5-12(18)6-2-10/h1-9H,18H2,(H,19,20)/b8-3+. The molecule has 0 aliphatic heterocycles. The van der Waals surface area contributed by atoms with Crippen molar-refractivity contribution in [2.75, 3.05) is 11.1 Å². The van der Waals surface area contributed by atoms with E-state index in [-0.39, 0.29) is 5.91 Å². The summed E-state index contributed by atoms with van der Waals surface area (Å²) in [5, 5.41) is 2.81. The van der Waals surface area contributed by atoms with E-state index in [2.05, 4.69) is 37.2 Å². The zero-order valence-corrected chi connectivity index (χ0v) is 13.6. The molecule has 0 unspecified atom stereocenters. The third-order valence-corrected chi connectivity index (χ3v) is 3.73. The number of carbonyl (C=O) groups is 1. The Morgan fingerprint density at radius 3 is 2.50 bits per heavy atom. The quantitative estimate of drug-likeness (QED) is 0.595. The lowest BCUT2D eigenvalue weighted by atomic mass is 10.2. The summed E-state index contributed by atoms with van der Waals surface area (Å²) < 4.78 is 1.73. The average molecular weight is 396 g/mol. The van der Waals surface area contributed by atoms with E-state index in [1.165, 1.54) is 6.08 Å². The molecule has 0 bridgehead atoms. The van der Waals surface area contributed by atoms with Crippen molar-refractivity contribution in [2.24, 2.45) is 0 Å². The SMILES string of the molecule is Nc1ccc(/C=C/C(=O)Nc2cc(Br)ccc2Br)cc1. The Bertz CT molecular complexity index is 651. The molecule has 0 saturated heterocycles. The maximum absolute atomic E-state index is 11.9. The number of hydrogen-bond donors (Lipinski definition) is 2. The van der Waals surface area contributed by atoms with Crippen LogP contribution in [0.5, 0.6) is 0 Å². The maximum atomic E-state index is 11.9. The number of benzene rings is 2. The van der Waals surface area contributed by atoms with Crippen molar-refractivity contribution in [1.29, 1.82) is 0 Å². The molecular weight excluding hydrogens is 384 g/mol. The third-order valence-electron chi connectivity index (χ3n) is 2.55. The third kappa shape index (κ3) is 4.21. The molecule has 0 fully saturated rings. The summed E-state index contributed by atoms with van der Waals surface area (Å²) in [5.74, 6) is -0.194. The summed E-state index contributed by atoms with van der Waals surface area (Å²) >= 11 is 6.76. The number of amides is 1. The highest BCUT2D eigenvalue weighted by Crippen LogP contribution is 2.26. The van der Waals surface area contributed by atoms with Crippen molar-refractivity contribution in [3.05, 3.63) is 63.0 Å². The highest BCUT2D eigenvalue weighted by molar-refractivity contribution is 9.11. The lowest BCUT2D eigenvalue weighted by molar-refractivity contribution is -0.111. The highest BCUT2D eigenvalue weighted by Gasteiger charge is 2.03. The van der Waals surface area contributed by atoms with Gasteiger partial charge in [0.25, 0.3) is 0 Å². The predicted molar refractivity (Wildman–Crippen MR) is 90.4 cm³/mol. The van der Waals surface area contributed by atoms with Crippen LogP contribution in [0.2, 0.25) is 0 Å². The van der Waals surface area contributed by atoms with Gasteiger partial charge in [0.15, 0.2) is 0 Å². The van der Waals surface area contributed by atoms with Gasteiger partial charge in [0.05, 0.1) is 5.69 Å². The number of hydrogen-bond acceptors (Lipinski definition) is 2. The number of carbonyl (C=O) groups excluding carboxylic acids is 1. The molecule has 0 saturated carbocycles. The fraction of sp³-hybridized carbons (Fsp3) is 0. The number of rotatable bonds is 3. The molecule has 5 heteroatoms. The van der Waals surface area contributed by atoms with Crippen LogP contribution in [0.4, 0.5) is 11.4 Å². The smallest absolute Gasteiger partial charge is 0.248 e. The molecule has 2 aromatic rings. The molecule has 2 rings (SSSR count). The van der Waals surface area contributed by atoms with Gasteiger partial charge < -0.3 is 11.1 Å². The zero-order valence-electron chi connectivity index (χ0n) is 10.4. The fourth-order valence-electron chi connectivity index (χ4n) is 1.55. The second-order valence-corrected chi connectivity index (χ2v) is 5.88. The molecule has 1 amide bonds. The Morgan fingerprint density at radius 1 is 1.10 bits per heavy atom. The van der Waals surface area contributed by atoms with Gasteiger partial charge in [-0.05, 0) is 57.9 Å². The summed E-state index contributed by atoms with van der Waals surface area (Å²) in [5.41, 5.74) is 7.93. The van der Waals surface area contributed by atoms with Crippen LogP contribution in [0.1, 0.15) is 5.56 Å². The lowest BCUT2D eigenvalue weighted by Gasteiger charge is -2.05. The molecule has 0 aliphatic carbocycles. The van der Waals surface area contributed by atoms with Crippen molar-refractivity contribution in [3.8, 4) is 0 Å². The van der Waals surface area contributed by atoms with Gasteiger partial charge in [-0.2, -0.15) is 0 Å². The molecule has 0 aliphatic rings. The topological polar surface area (TPSA) is 55.1 Å². The van der Waals surface area contributed by atoms with Gasteiger partial charge in [0.2, 0.25) is 5.91 Å². The largest absolute Gasteiger partial charge is 0.399 e. The minimum atomic E-state index is -0.194. The Hall–Kier alpha value is -1.59. The minimum Gasteiger partial charge on any atom is -0.399 e. The van der Waals surface area contributed by atoms with Crippen molar-refractivity contribution in [1.82, 2.24) is 0 Å². The molecule has 0 spiro atoms. The van der Waals surface area contributed by atoms with Crippen LogP contribution in [0, 0.1) is 0 Å². The molecule has 102 valence electrons. The molecule has 0 heterocycles. The monoisotopic (exact) mass is 394 g/mol. The van der Waals surface area contributed by atoms with Crippen LogP contribution in [0.3, 0.4) is 0 Å². The second kappa shape index (κ2) is 6.72. The van der Waals surface area contributed by atoms with Crippen molar-refractivity contribution >= 4 is 55.2 Å². The number of nitrogens with one attached hydrogen (secondary N) is 1. The van der Waals surface area contributed by atoms with Crippen LogP contribution in [-0.2, 0) is 4.79 Å². The average Bonchev–Trinajstić information content (AvgIpc) is 2.42. The Labute approximate surface area is 134 Å². The van der Waals surface area contributed by atoms with Crippen molar-refractivity contribution in [2.45, 2.75) is 0 Å². The zero-order chi connectivity index (χ0) is 14.5. The predicted octanol–water partition coefficient (Wildman–Crippen LogP) is 4.45. The lowest BCUT2D eigenvalue weighted by Crippen LogP contribution is -2.08. The number of halogens is 2. The summed E-state index contributed by atoms with van der Waals surface area (Å²) in [7, 11) is 0. The van der Waals surface area contributed by atoms with E-state index in [9.17, 15) is 4.79 Å².